The van der Waals surface area contributed by atoms with Gasteiger partial charge in [0.05, 0.1) is 0 Å². The minimum absolute atomic E-state index is 1.22. The summed E-state index contributed by atoms with van der Waals surface area (Å²) in [5.41, 5.74) is 7.52. The molecule has 246 valence electrons. The third kappa shape index (κ3) is 4.93. The second-order valence-electron chi connectivity index (χ2n) is 14.1. The molecular weight excluding hydrogens is 657 g/mol. The largest absolute Gasteiger partial charge is 0.166 e. The summed E-state index contributed by atoms with van der Waals surface area (Å²) in [6, 6.07) is 71.9. The van der Waals surface area contributed by atoms with E-state index in [1.165, 1.54) is 120 Å². The molecule has 0 nitrogen and oxygen atoms in total. The molecule has 0 saturated carbocycles. The Kier molecular flexibility index (Phi) is 6.90. The first kappa shape index (κ1) is 30.2. The molecule has 0 atom stereocenters. The van der Waals surface area contributed by atoms with Crippen molar-refractivity contribution < 1.29 is 0 Å². The topological polar surface area (TPSA) is 0 Å². The molecule has 0 spiro atoms. The molecule has 0 heterocycles. The second-order valence-corrected chi connectivity index (χ2v) is 15.3. The Hall–Kier alpha value is -6.41. The fraction of sp³-hybridized carbons (Fsp3) is 0. The molecule has 53 heavy (non-hydrogen) atoms. The Balaban J connectivity index is 0.948. The SMILES string of the molecule is c1ccc2cc(-c3c4ccccc4c(-c4ccc(-c5ccc([SH+]c6ccc7ccc8cccc9ccc6c7c89)cc5)cc4)c4ccccc34)ccc2c1. The molecular formula is C52H33S+. The van der Waals surface area contributed by atoms with E-state index in [0.29, 0.717) is 0 Å². The molecule has 0 bridgehead atoms. The molecule has 0 unspecified atom stereocenters. The van der Waals surface area contributed by atoms with Gasteiger partial charge < -0.3 is 0 Å². The zero-order chi connectivity index (χ0) is 34.9. The monoisotopic (exact) mass is 689 g/mol. The first-order chi connectivity index (χ1) is 26.3. The van der Waals surface area contributed by atoms with Gasteiger partial charge in [-0.2, -0.15) is 0 Å². The fourth-order valence-electron chi connectivity index (χ4n) is 8.61. The maximum absolute atomic E-state index is 2.34. The summed E-state index contributed by atoms with van der Waals surface area (Å²) < 4.78 is 0. The van der Waals surface area contributed by atoms with Crippen molar-refractivity contribution in [1.29, 1.82) is 0 Å². The van der Waals surface area contributed by atoms with E-state index >= 15 is 0 Å². The van der Waals surface area contributed by atoms with Gasteiger partial charge in [0.25, 0.3) is 0 Å². The van der Waals surface area contributed by atoms with E-state index in [2.05, 4.69) is 194 Å². The molecule has 11 aromatic rings. The van der Waals surface area contributed by atoms with Crippen LogP contribution in [0, 0.1) is 0 Å². The Bertz CT molecular complexity index is 3100. The number of fused-ring (bicyclic) bond motifs is 3. The van der Waals surface area contributed by atoms with E-state index in [0.717, 1.165) is 0 Å². The van der Waals surface area contributed by atoms with Crippen molar-refractivity contribution >= 4 is 76.4 Å². The van der Waals surface area contributed by atoms with Gasteiger partial charge >= 0.3 is 0 Å². The van der Waals surface area contributed by atoms with Crippen LogP contribution in [0.4, 0.5) is 0 Å². The molecule has 0 radical (unpaired) electrons. The van der Waals surface area contributed by atoms with Crippen LogP contribution in [-0.2, 0) is 11.8 Å². The van der Waals surface area contributed by atoms with Crippen molar-refractivity contribution in [2.24, 2.45) is 0 Å². The van der Waals surface area contributed by atoms with Gasteiger partial charge in [0.1, 0.15) is 0 Å². The fourth-order valence-corrected chi connectivity index (χ4v) is 9.64. The summed E-state index contributed by atoms with van der Waals surface area (Å²) in [6.45, 7) is 0. The van der Waals surface area contributed by atoms with Crippen molar-refractivity contribution in [2.75, 3.05) is 0 Å². The predicted molar refractivity (Wildman–Crippen MR) is 231 cm³/mol. The molecule has 0 N–H and O–H groups in total. The third-order valence-electron chi connectivity index (χ3n) is 11.1. The molecule has 0 aliphatic carbocycles. The van der Waals surface area contributed by atoms with Crippen molar-refractivity contribution in [3.05, 3.63) is 194 Å². The van der Waals surface area contributed by atoms with Gasteiger partial charge in [-0.1, -0.05) is 146 Å². The van der Waals surface area contributed by atoms with Crippen LogP contribution in [0.25, 0.3) is 98.0 Å². The molecule has 11 aromatic carbocycles. The van der Waals surface area contributed by atoms with Crippen LogP contribution in [-0.4, -0.2) is 0 Å². The van der Waals surface area contributed by atoms with Crippen LogP contribution in [0.1, 0.15) is 0 Å². The van der Waals surface area contributed by atoms with Gasteiger partial charge in [-0.25, -0.2) is 0 Å². The Labute approximate surface area is 312 Å². The molecule has 0 saturated heterocycles. The summed E-state index contributed by atoms with van der Waals surface area (Å²) in [5.74, 6) is 0. The Morgan fingerprint density at radius 3 is 1.38 bits per heavy atom. The summed E-state index contributed by atoms with van der Waals surface area (Å²) in [7, 11) is 0. The zero-order valence-corrected chi connectivity index (χ0v) is 29.8. The maximum atomic E-state index is 2.34. The standard InChI is InChI=1S/C52H32S/c1-2-9-40-32-41(23-18-33(40)8-1)51-45-14-5-3-12-43(45)50(44-13-4-6-15-46(44)51)38-19-16-34(17-20-38)35-24-28-42(29-25-35)53-48-31-27-39-22-21-36-10-7-11-37-26-30-47(48)52(39)49(36)37/h1-32H/p+1. The minimum Gasteiger partial charge on any atom is -0.0616 e. The van der Waals surface area contributed by atoms with E-state index in [-0.39, 0.29) is 0 Å². The maximum Gasteiger partial charge on any atom is 0.166 e. The summed E-state index contributed by atoms with van der Waals surface area (Å²) in [5, 5.41) is 15.7. The molecule has 1 heteroatoms. The van der Waals surface area contributed by atoms with Crippen molar-refractivity contribution in [1.82, 2.24) is 0 Å². The highest BCUT2D eigenvalue weighted by atomic mass is 32.2. The zero-order valence-electron chi connectivity index (χ0n) is 28.9. The first-order valence-corrected chi connectivity index (χ1v) is 19.2. The van der Waals surface area contributed by atoms with Crippen molar-refractivity contribution in [2.45, 2.75) is 9.79 Å². The molecule has 11 rings (SSSR count). The lowest BCUT2D eigenvalue weighted by molar-refractivity contribution is 1.43. The summed E-state index contributed by atoms with van der Waals surface area (Å²) in [6.07, 6.45) is 0. The lowest BCUT2D eigenvalue weighted by Gasteiger charge is -2.18. The lowest BCUT2D eigenvalue weighted by Crippen LogP contribution is -1.91. The quantitative estimate of drug-likeness (QED) is 0.0730. The average molecular weight is 690 g/mol. The molecule has 0 amide bonds. The van der Waals surface area contributed by atoms with Crippen LogP contribution >= 0.6 is 0 Å². The number of benzene rings is 11. The average Bonchev–Trinajstić information content (AvgIpc) is 3.22. The van der Waals surface area contributed by atoms with Gasteiger partial charge in [-0.3, -0.25) is 0 Å². The number of thiol groups is 1. The van der Waals surface area contributed by atoms with Gasteiger partial charge in [0.15, 0.2) is 9.79 Å². The smallest absolute Gasteiger partial charge is 0.0616 e. The van der Waals surface area contributed by atoms with Gasteiger partial charge in [0, 0.05) is 22.5 Å². The van der Waals surface area contributed by atoms with Gasteiger partial charge in [-0.05, 0) is 136 Å². The van der Waals surface area contributed by atoms with Gasteiger partial charge in [0.2, 0.25) is 0 Å². The van der Waals surface area contributed by atoms with Crippen molar-refractivity contribution in [3.63, 3.8) is 0 Å². The molecule has 0 aliphatic heterocycles. The minimum atomic E-state index is 1.22. The van der Waals surface area contributed by atoms with E-state index < -0.39 is 0 Å². The molecule has 0 aliphatic rings. The Morgan fingerprint density at radius 1 is 0.264 bits per heavy atom. The van der Waals surface area contributed by atoms with Crippen LogP contribution in [0.2, 0.25) is 0 Å². The van der Waals surface area contributed by atoms with Gasteiger partial charge in [-0.15, -0.1) is 0 Å². The highest BCUT2D eigenvalue weighted by Gasteiger charge is 2.18. The van der Waals surface area contributed by atoms with E-state index in [1.54, 1.807) is 0 Å². The number of rotatable bonds is 5. The molecule has 0 fully saturated rings. The van der Waals surface area contributed by atoms with E-state index in [4.69, 9.17) is 0 Å². The summed E-state index contributed by atoms with van der Waals surface area (Å²) in [4.78, 5) is 2.64. The third-order valence-corrected chi connectivity index (χ3v) is 12.3. The molecule has 0 aromatic heterocycles. The number of hydrogen-bond donors (Lipinski definition) is 0. The predicted octanol–water partition coefficient (Wildman–Crippen LogP) is 14.3. The summed E-state index contributed by atoms with van der Waals surface area (Å²) >= 11 is 1.22. The first-order valence-electron chi connectivity index (χ1n) is 18.3. The van der Waals surface area contributed by atoms with Crippen LogP contribution in [0.3, 0.4) is 0 Å². The van der Waals surface area contributed by atoms with Crippen molar-refractivity contribution in [3.8, 4) is 33.4 Å². The van der Waals surface area contributed by atoms with Crippen LogP contribution < -0.4 is 0 Å². The second kappa shape index (κ2) is 12.1. The normalized spacial score (nSPS) is 11.8. The van der Waals surface area contributed by atoms with Crippen LogP contribution in [0.15, 0.2) is 204 Å². The Morgan fingerprint density at radius 2 is 0.717 bits per heavy atom. The highest BCUT2D eigenvalue weighted by Crippen LogP contribution is 2.44. The van der Waals surface area contributed by atoms with Crippen LogP contribution in [0.5, 0.6) is 0 Å². The van der Waals surface area contributed by atoms with E-state index in [9.17, 15) is 0 Å². The van der Waals surface area contributed by atoms with E-state index in [1.807, 2.05) is 0 Å². The number of hydrogen-bond acceptors (Lipinski definition) is 0. The highest BCUT2D eigenvalue weighted by molar-refractivity contribution is 7.79. The lowest BCUT2D eigenvalue weighted by atomic mass is 9.85.